The van der Waals surface area contributed by atoms with Crippen LogP contribution in [0.5, 0.6) is 0 Å². The molecule has 1 aliphatic heterocycles. The van der Waals surface area contributed by atoms with Crippen molar-refractivity contribution in [1.82, 2.24) is 0 Å². The van der Waals surface area contributed by atoms with Crippen molar-refractivity contribution < 1.29 is 9.59 Å². The van der Waals surface area contributed by atoms with Gasteiger partial charge in [-0.3, -0.25) is 9.59 Å². The molecule has 1 heterocycles. The van der Waals surface area contributed by atoms with Crippen LogP contribution in [-0.2, 0) is 16.0 Å². The van der Waals surface area contributed by atoms with Crippen LogP contribution in [-0.4, -0.2) is 24.9 Å². The lowest BCUT2D eigenvalue weighted by Gasteiger charge is -2.26. The minimum atomic E-state index is -0.179. The normalized spacial score (nSPS) is 12.9. The second kappa shape index (κ2) is 6.65. The zero-order valence-corrected chi connectivity index (χ0v) is 14.5. The highest BCUT2D eigenvalue weighted by Gasteiger charge is 2.27. The molecular formula is C19H19ClN2O2. The second-order valence-corrected chi connectivity index (χ2v) is 6.40. The van der Waals surface area contributed by atoms with Crippen LogP contribution < -0.4 is 9.80 Å². The molecule has 0 saturated heterocycles. The lowest BCUT2D eigenvalue weighted by molar-refractivity contribution is -0.121. The highest BCUT2D eigenvalue weighted by atomic mass is 35.5. The Labute approximate surface area is 146 Å². The lowest BCUT2D eigenvalue weighted by Crippen LogP contribution is -2.42. The molecule has 5 heteroatoms. The lowest BCUT2D eigenvalue weighted by atomic mass is 10.1. The third-order valence-corrected chi connectivity index (χ3v) is 4.56. The molecular weight excluding hydrogens is 324 g/mol. The maximum absolute atomic E-state index is 12.8. The van der Waals surface area contributed by atoms with Crippen molar-refractivity contribution >= 4 is 34.8 Å². The number of fused-ring (bicyclic) bond motifs is 1. The molecule has 4 nitrogen and oxygen atoms in total. The fraction of sp³-hybridized carbons (Fsp3) is 0.263. The van der Waals surface area contributed by atoms with E-state index in [-0.39, 0.29) is 18.4 Å². The quantitative estimate of drug-likeness (QED) is 0.855. The summed E-state index contributed by atoms with van der Waals surface area (Å²) in [7, 11) is 0. The highest BCUT2D eigenvalue weighted by molar-refractivity contribution is 6.31. The van der Waals surface area contributed by atoms with Crippen LogP contribution in [0, 0.1) is 6.92 Å². The standard InChI is InChI=1S/C19H19ClN2O2/c1-13-7-8-16(20)11-18(13)22(14(2)23)12-19(24)21-10-9-15-5-3-4-6-17(15)21/h3-8,11H,9-10,12H2,1-2H3. The first-order valence-electron chi connectivity index (χ1n) is 7.90. The number of aryl methyl sites for hydroxylation is 1. The van der Waals surface area contributed by atoms with Crippen molar-refractivity contribution in [2.75, 3.05) is 22.9 Å². The first kappa shape index (κ1) is 16.5. The van der Waals surface area contributed by atoms with Gasteiger partial charge in [0.1, 0.15) is 6.54 Å². The second-order valence-electron chi connectivity index (χ2n) is 5.96. The Hall–Kier alpha value is -2.33. The summed E-state index contributed by atoms with van der Waals surface area (Å²) in [5.74, 6) is -0.268. The van der Waals surface area contributed by atoms with Gasteiger partial charge in [-0.05, 0) is 42.7 Å². The Bertz CT molecular complexity index is 804. The van der Waals surface area contributed by atoms with Gasteiger partial charge in [-0.15, -0.1) is 0 Å². The van der Waals surface area contributed by atoms with E-state index in [1.54, 1.807) is 17.0 Å². The van der Waals surface area contributed by atoms with Crippen LogP contribution in [0.4, 0.5) is 11.4 Å². The van der Waals surface area contributed by atoms with Crippen molar-refractivity contribution in [3.05, 3.63) is 58.6 Å². The van der Waals surface area contributed by atoms with Gasteiger partial charge in [0.2, 0.25) is 11.8 Å². The molecule has 1 aliphatic rings. The summed E-state index contributed by atoms with van der Waals surface area (Å²) >= 11 is 6.06. The van der Waals surface area contributed by atoms with Crippen molar-refractivity contribution in [2.24, 2.45) is 0 Å². The monoisotopic (exact) mass is 342 g/mol. The molecule has 0 atom stereocenters. The minimum absolute atomic E-state index is 0.00481. The molecule has 0 saturated carbocycles. The van der Waals surface area contributed by atoms with E-state index in [1.807, 2.05) is 37.3 Å². The van der Waals surface area contributed by atoms with E-state index in [1.165, 1.54) is 17.4 Å². The molecule has 24 heavy (non-hydrogen) atoms. The van der Waals surface area contributed by atoms with E-state index in [2.05, 4.69) is 0 Å². The maximum Gasteiger partial charge on any atom is 0.247 e. The molecule has 0 N–H and O–H groups in total. The van der Waals surface area contributed by atoms with Gasteiger partial charge in [0.25, 0.3) is 0 Å². The number of nitrogens with zero attached hydrogens (tertiary/aromatic N) is 2. The third kappa shape index (κ3) is 3.15. The Morgan fingerprint density at radius 3 is 2.71 bits per heavy atom. The van der Waals surface area contributed by atoms with Crippen LogP contribution >= 0.6 is 11.6 Å². The number of rotatable bonds is 3. The number of amides is 2. The van der Waals surface area contributed by atoms with E-state index < -0.39 is 0 Å². The summed E-state index contributed by atoms with van der Waals surface area (Å²) in [6, 6.07) is 13.2. The van der Waals surface area contributed by atoms with Gasteiger partial charge < -0.3 is 9.80 Å². The van der Waals surface area contributed by atoms with Crippen molar-refractivity contribution in [1.29, 1.82) is 0 Å². The Morgan fingerprint density at radius 2 is 1.96 bits per heavy atom. The first-order valence-corrected chi connectivity index (χ1v) is 8.27. The summed E-state index contributed by atoms with van der Waals surface area (Å²) in [5, 5.41) is 0.542. The van der Waals surface area contributed by atoms with Gasteiger partial charge >= 0.3 is 0 Å². The number of carbonyl (C=O) groups is 2. The Kier molecular flexibility index (Phi) is 4.58. The SMILES string of the molecule is CC(=O)N(CC(=O)N1CCc2ccccc21)c1cc(Cl)ccc1C. The molecule has 0 unspecified atom stereocenters. The fourth-order valence-corrected chi connectivity index (χ4v) is 3.22. The average molecular weight is 343 g/mol. The van der Waals surface area contributed by atoms with Crippen LogP contribution in [0.1, 0.15) is 18.1 Å². The predicted octanol–water partition coefficient (Wildman–Crippen LogP) is 3.59. The van der Waals surface area contributed by atoms with Crippen LogP contribution in [0.3, 0.4) is 0 Å². The number of hydrogen-bond donors (Lipinski definition) is 0. The first-order chi connectivity index (χ1) is 11.5. The number of anilines is 2. The van der Waals surface area contributed by atoms with Crippen molar-refractivity contribution in [3.63, 3.8) is 0 Å². The molecule has 0 fully saturated rings. The van der Waals surface area contributed by atoms with E-state index in [4.69, 9.17) is 11.6 Å². The molecule has 0 aromatic heterocycles. The average Bonchev–Trinajstić information content (AvgIpc) is 2.99. The van der Waals surface area contributed by atoms with Gasteiger partial charge in [-0.2, -0.15) is 0 Å². The molecule has 0 aliphatic carbocycles. The third-order valence-electron chi connectivity index (χ3n) is 4.32. The summed E-state index contributed by atoms with van der Waals surface area (Å²) in [5.41, 5.74) is 3.69. The molecule has 0 bridgehead atoms. The summed E-state index contributed by atoms with van der Waals surface area (Å²) in [6.07, 6.45) is 0.845. The number of halogens is 1. The number of para-hydroxylation sites is 1. The fourth-order valence-electron chi connectivity index (χ4n) is 3.06. The summed E-state index contributed by atoms with van der Waals surface area (Å²) in [4.78, 5) is 28.2. The van der Waals surface area contributed by atoms with E-state index in [0.717, 1.165) is 17.7 Å². The molecule has 0 radical (unpaired) electrons. The minimum Gasteiger partial charge on any atom is -0.310 e. The number of hydrogen-bond acceptors (Lipinski definition) is 2. The van der Waals surface area contributed by atoms with Gasteiger partial charge in [-0.1, -0.05) is 35.9 Å². The Balaban J connectivity index is 1.86. The van der Waals surface area contributed by atoms with Gasteiger partial charge in [0.05, 0.1) is 0 Å². The van der Waals surface area contributed by atoms with E-state index in [9.17, 15) is 9.59 Å². The summed E-state index contributed by atoms with van der Waals surface area (Å²) in [6.45, 7) is 4.02. The largest absolute Gasteiger partial charge is 0.310 e. The maximum atomic E-state index is 12.8. The van der Waals surface area contributed by atoms with Crippen LogP contribution in [0.15, 0.2) is 42.5 Å². The van der Waals surface area contributed by atoms with Crippen molar-refractivity contribution in [2.45, 2.75) is 20.3 Å². The van der Waals surface area contributed by atoms with Gasteiger partial charge in [-0.25, -0.2) is 0 Å². The topological polar surface area (TPSA) is 40.6 Å². The van der Waals surface area contributed by atoms with Crippen LogP contribution in [0.25, 0.3) is 0 Å². The molecule has 124 valence electrons. The van der Waals surface area contributed by atoms with E-state index in [0.29, 0.717) is 17.3 Å². The highest BCUT2D eigenvalue weighted by Crippen LogP contribution is 2.29. The van der Waals surface area contributed by atoms with Crippen molar-refractivity contribution in [3.8, 4) is 0 Å². The van der Waals surface area contributed by atoms with Crippen LogP contribution in [0.2, 0.25) is 5.02 Å². The van der Waals surface area contributed by atoms with Gasteiger partial charge in [0.15, 0.2) is 0 Å². The predicted molar refractivity (Wildman–Crippen MR) is 96.7 cm³/mol. The molecule has 2 aromatic rings. The Morgan fingerprint density at radius 1 is 1.21 bits per heavy atom. The molecule has 0 spiro atoms. The zero-order chi connectivity index (χ0) is 17.3. The smallest absolute Gasteiger partial charge is 0.247 e. The summed E-state index contributed by atoms with van der Waals surface area (Å²) < 4.78 is 0. The molecule has 3 rings (SSSR count). The number of carbonyl (C=O) groups excluding carboxylic acids is 2. The van der Waals surface area contributed by atoms with E-state index >= 15 is 0 Å². The zero-order valence-electron chi connectivity index (χ0n) is 13.8. The molecule has 2 aromatic carbocycles. The number of benzene rings is 2. The molecule has 2 amide bonds. The van der Waals surface area contributed by atoms with Gasteiger partial charge in [0, 0.05) is 29.9 Å².